The highest BCUT2D eigenvalue weighted by atomic mass is 35.5. The minimum absolute atomic E-state index is 0.0613. The quantitative estimate of drug-likeness (QED) is 0.453. The van der Waals surface area contributed by atoms with E-state index in [1.165, 1.54) is 30.6 Å². The molecule has 1 amide bonds. The van der Waals surface area contributed by atoms with Gasteiger partial charge >= 0.3 is 5.97 Å². The molecule has 34 heavy (non-hydrogen) atoms. The van der Waals surface area contributed by atoms with E-state index in [-0.39, 0.29) is 4.90 Å². The third kappa shape index (κ3) is 4.82. The Labute approximate surface area is 207 Å². The fourth-order valence-corrected chi connectivity index (χ4v) is 6.71. The van der Waals surface area contributed by atoms with E-state index in [0.29, 0.717) is 21.3 Å². The lowest BCUT2D eigenvalue weighted by molar-refractivity contribution is -0.114. The van der Waals surface area contributed by atoms with Crippen LogP contribution in [0.3, 0.4) is 0 Å². The van der Waals surface area contributed by atoms with E-state index in [1.807, 2.05) is 6.92 Å². The highest BCUT2D eigenvalue weighted by molar-refractivity contribution is 7.92. The molecule has 1 aliphatic carbocycles. The number of nitrogens with zero attached hydrogens (tertiary/aromatic N) is 1. The van der Waals surface area contributed by atoms with Crippen molar-refractivity contribution in [3.8, 4) is 0 Å². The molecule has 0 saturated carbocycles. The second-order valence-electron chi connectivity index (χ2n) is 7.90. The van der Waals surface area contributed by atoms with E-state index in [1.54, 1.807) is 36.4 Å². The maximum Gasteiger partial charge on any atom is 0.341 e. The Bertz CT molecular complexity index is 1330. The van der Waals surface area contributed by atoms with E-state index >= 15 is 0 Å². The number of methoxy groups -OCH3 is 1. The summed E-state index contributed by atoms with van der Waals surface area (Å²) in [6.45, 7) is 1.37. The number of anilines is 2. The normalized spacial score (nSPS) is 12.8. The molecule has 178 valence electrons. The third-order valence-electron chi connectivity index (χ3n) is 5.57. The summed E-state index contributed by atoms with van der Waals surface area (Å²) in [4.78, 5) is 26.6. The molecule has 1 aliphatic rings. The summed E-state index contributed by atoms with van der Waals surface area (Å²) in [5.74, 6) is -1.09. The van der Waals surface area contributed by atoms with Crippen LogP contribution in [0.2, 0.25) is 5.02 Å². The lowest BCUT2D eigenvalue weighted by Crippen LogP contribution is -2.38. The predicted octanol–water partition coefficient (Wildman–Crippen LogP) is 4.82. The first kappa shape index (κ1) is 24.3. The Morgan fingerprint density at radius 3 is 2.41 bits per heavy atom. The molecule has 1 heterocycles. The van der Waals surface area contributed by atoms with Gasteiger partial charge in [-0.15, -0.1) is 11.3 Å². The molecule has 3 aromatic rings. The highest BCUT2D eigenvalue weighted by Gasteiger charge is 2.30. The van der Waals surface area contributed by atoms with Crippen LogP contribution in [-0.4, -0.2) is 33.9 Å². The van der Waals surface area contributed by atoms with Crippen molar-refractivity contribution < 1.29 is 22.7 Å². The van der Waals surface area contributed by atoms with Gasteiger partial charge in [-0.1, -0.05) is 29.3 Å². The number of amides is 1. The number of thiophene rings is 1. The number of benzene rings is 2. The molecule has 0 saturated heterocycles. The van der Waals surface area contributed by atoms with Crippen LogP contribution in [0.25, 0.3) is 0 Å². The zero-order chi connectivity index (χ0) is 24.5. The Morgan fingerprint density at radius 1 is 1.09 bits per heavy atom. The van der Waals surface area contributed by atoms with Crippen molar-refractivity contribution in [1.29, 1.82) is 0 Å². The van der Waals surface area contributed by atoms with Gasteiger partial charge in [0.1, 0.15) is 11.5 Å². The summed E-state index contributed by atoms with van der Waals surface area (Å²) in [6, 6.07) is 12.6. The van der Waals surface area contributed by atoms with Crippen molar-refractivity contribution in [2.45, 2.75) is 31.1 Å². The topological polar surface area (TPSA) is 92.8 Å². The van der Waals surface area contributed by atoms with Gasteiger partial charge in [-0.3, -0.25) is 9.10 Å². The molecule has 0 radical (unpaired) electrons. The van der Waals surface area contributed by atoms with Crippen LogP contribution in [-0.2, 0) is 32.4 Å². The monoisotopic (exact) mass is 518 g/mol. The molecule has 7 nitrogen and oxygen atoms in total. The Kier molecular flexibility index (Phi) is 6.97. The van der Waals surface area contributed by atoms with Crippen LogP contribution >= 0.6 is 22.9 Å². The lowest BCUT2D eigenvalue weighted by Gasteiger charge is -2.24. The van der Waals surface area contributed by atoms with Gasteiger partial charge in [-0.2, -0.15) is 0 Å². The molecule has 2 aromatic carbocycles. The fourth-order valence-electron chi connectivity index (χ4n) is 3.87. The second-order valence-corrected chi connectivity index (χ2v) is 11.3. The average molecular weight is 519 g/mol. The van der Waals surface area contributed by atoms with Crippen molar-refractivity contribution in [2.24, 2.45) is 0 Å². The van der Waals surface area contributed by atoms with Gasteiger partial charge in [-0.05, 0) is 68.1 Å². The van der Waals surface area contributed by atoms with Crippen LogP contribution in [0.1, 0.15) is 32.8 Å². The minimum Gasteiger partial charge on any atom is -0.465 e. The maximum atomic E-state index is 13.5. The smallest absolute Gasteiger partial charge is 0.341 e. The fraction of sp³-hybridized carbons (Fsp3) is 0.250. The summed E-state index contributed by atoms with van der Waals surface area (Å²) < 4.78 is 32.9. The third-order valence-corrected chi connectivity index (χ3v) is 8.82. The number of ether oxygens (including phenoxy) is 1. The van der Waals surface area contributed by atoms with Gasteiger partial charge < -0.3 is 10.1 Å². The van der Waals surface area contributed by atoms with Crippen LogP contribution in [0.4, 0.5) is 10.7 Å². The number of carbonyl (C=O) groups excluding carboxylic acids is 2. The molecule has 1 aromatic heterocycles. The van der Waals surface area contributed by atoms with Gasteiger partial charge in [0.2, 0.25) is 5.91 Å². The van der Waals surface area contributed by atoms with Crippen molar-refractivity contribution in [3.63, 3.8) is 0 Å². The van der Waals surface area contributed by atoms with E-state index in [4.69, 9.17) is 16.3 Å². The average Bonchev–Trinajstić information content (AvgIpc) is 3.39. The molecule has 0 unspecified atom stereocenters. The molecule has 0 aliphatic heterocycles. The Hall–Kier alpha value is -2.88. The summed E-state index contributed by atoms with van der Waals surface area (Å²) in [7, 11) is -2.76. The molecule has 1 N–H and O–H groups in total. The summed E-state index contributed by atoms with van der Waals surface area (Å²) in [5.41, 5.74) is 2.46. The lowest BCUT2D eigenvalue weighted by atomic mass is 10.1. The minimum atomic E-state index is -4.06. The van der Waals surface area contributed by atoms with Crippen LogP contribution in [0, 0.1) is 6.92 Å². The van der Waals surface area contributed by atoms with Crippen LogP contribution in [0.5, 0.6) is 0 Å². The van der Waals surface area contributed by atoms with Gasteiger partial charge in [0, 0.05) is 9.90 Å². The summed E-state index contributed by atoms with van der Waals surface area (Å²) in [5, 5.41) is 3.57. The van der Waals surface area contributed by atoms with Crippen molar-refractivity contribution in [1.82, 2.24) is 0 Å². The van der Waals surface area contributed by atoms with Crippen LogP contribution in [0.15, 0.2) is 53.4 Å². The van der Waals surface area contributed by atoms with E-state index in [9.17, 15) is 18.0 Å². The SMILES string of the molecule is COC(=O)c1c(NC(=O)CN(c2ccc(Cl)cc2)S(=O)(=O)c2ccc(C)cc2)sc2c1CCC2. The molecule has 4 rings (SSSR count). The first-order valence-corrected chi connectivity index (χ1v) is 13.2. The molecular formula is C24H23ClN2O5S2. The number of halogens is 1. The molecule has 0 spiro atoms. The summed E-state index contributed by atoms with van der Waals surface area (Å²) in [6.07, 6.45) is 2.52. The van der Waals surface area contributed by atoms with Crippen molar-refractivity contribution in [2.75, 3.05) is 23.3 Å². The molecule has 0 fully saturated rings. The second kappa shape index (κ2) is 9.77. The van der Waals surface area contributed by atoms with E-state index in [0.717, 1.165) is 39.6 Å². The van der Waals surface area contributed by atoms with Gasteiger partial charge in [0.15, 0.2) is 0 Å². The largest absolute Gasteiger partial charge is 0.465 e. The Morgan fingerprint density at radius 2 is 1.76 bits per heavy atom. The van der Waals surface area contributed by atoms with Gasteiger partial charge in [0.05, 0.1) is 23.3 Å². The number of sulfonamides is 1. The van der Waals surface area contributed by atoms with Crippen molar-refractivity contribution in [3.05, 3.63) is 75.1 Å². The number of hydrogen-bond donors (Lipinski definition) is 1. The summed E-state index contributed by atoms with van der Waals surface area (Å²) >= 11 is 7.32. The van der Waals surface area contributed by atoms with E-state index < -0.39 is 28.4 Å². The zero-order valence-corrected chi connectivity index (χ0v) is 21.0. The predicted molar refractivity (Wildman–Crippen MR) is 133 cm³/mol. The number of aryl methyl sites for hydroxylation is 2. The Balaban J connectivity index is 1.66. The molecule has 0 bridgehead atoms. The zero-order valence-electron chi connectivity index (χ0n) is 18.6. The number of nitrogens with one attached hydrogen (secondary N) is 1. The maximum absolute atomic E-state index is 13.5. The standard InChI is InChI=1S/C24H23ClN2O5S2/c1-15-6-12-18(13-7-15)34(30,31)27(17-10-8-16(25)9-11-17)14-21(28)26-23-22(24(29)32-2)19-4-3-5-20(19)33-23/h6-13H,3-5,14H2,1-2H3,(H,26,28). The molecular weight excluding hydrogens is 496 g/mol. The van der Waals surface area contributed by atoms with E-state index in [2.05, 4.69) is 5.32 Å². The number of carbonyl (C=O) groups is 2. The van der Waals surface area contributed by atoms with Crippen LogP contribution < -0.4 is 9.62 Å². The molecule has 0 atom stereocenters. The van der Waals surface area contributed by atoms with Gasteiger partial charge in [-0.25, -0.2) is 13.2 Å². The number of hydrogen-bond acceptors (Lipinski definition) is 6. The van der Waals surface area contributed by atoms with Crippen molar-refractivity contribution >= 4 is 55.5 Å². The van der Waals surface area contributed by atoms with Gasteiger partial charge in [0.25, 0.3) is 10.0 Å². The highest BCUT2D eigenvalue weighted by Crippen LogP contribution is 2.39. The number of esters is 1. The number of fused-ring (bicyclic) bond motifs is 1. The molecule has 10 heteroatoms. The first-order chi connectivity index (χ1) is 16.2. The first-order valence-electron chi connectivity index (χ1n) is 10.6. The number of rotatable bonds is 7.